The molecule has 0 amide bonds. The summed E-state index contributed by atoms with van der Waals surface area (Å²) in [4.78, 5) is 15.7. The lowest BCUT2D eigenvalue weighted by Gasteiger charge is -2.19. The van der Waals surface area contributed by atoms with E-state index < -0.39 is 5.60 Å². The standard InChI is InChI=1S/C12H18N2O2S/c1-8-5-9(13)6-14-11(8)17-7-10(15)16-12(2,3)4/h5-6H,7,13H2,1-4H3. The zero-order valence-electron chi connectivity index (χ0n) is 10.6. The van der Waals surface area contributed by atoms with Crippen LogP contribution in [0.25, 0.3) is 0 Å². The van der Waals surface area contributed by atoms with Crippen LogP contribution < -0.4 is 5.73 Å². The van der Waals surface area contributed by atoms with Gasteiger partial charge in [-0.2, -0.15) is 0 Å². The number of carbonyl (C=O) groups excluding carboxylic acids is 1. The van der Waals surface area contributed by atoms with Gasteiger partial charge >= 0.3 is 5.97 Å². The van der Waals surface area contributed by atoms with Crippen LogP contribution in [0.3, 0.4) is 0 Å². The van der Waals surface area contributed by atoms with Gasteiger partial charge in [0.1, 0.15) is 5.60 Å². The van der Waals surface area contributed by atoms with Crippen molar-refractivity contribution in [1.82, 2.24) is 4.98 Å². The molecule has 0 spiro atoms. The van der Waals surface area contributed by atoms with Gasteiger partial charge in [-0.1, -0.05) is 11.8 Å². The van der Waals surface area contributed by atoms with Crippen LogP contribution in [0.2, 0.25) is 0 Å². The number of thioether (sulfide) groups is 1. The van der Waals surface area contributed by atoms with Crippen molar-refractivity contribution >= 4 is 23.4 Å². The number of rotatable bonds is 3. The number of nitrogens with two attached hydrogens (primary N) is 1. The zero-order valence-corrected chi connectivity index (χ0v) is 11.4. The monoisotopic (exact) mass is 254 g/mol. The first-order valence-corrected chi connectivity index (χ1v) is 6.33. The number of anilines is 1. The molecule has 2 N–H and O–H groups in total. The Hall–Kier alpha value is -1.23. The van der Waals surface area contributed by atoms with Crippen molar-refractivity contribution in [2.24, 2.45) is 0 Å². The number of carbonyl (C=O) groups is 1. The molecule has 0 aliphatic carbocycles. The van der Waals surface area contributed by atoms with Gasteiger partial charge in [-0.25, -0.2) is 4.98 Å². The van der Waals surface area contributed by atoms with Gasteiger partial charge in [0, 0.05) is 0 Å². The molecule has 0 aliphatic rings. The Morgan fingerprint density at radius 2 is 2.18 bits per heavy atom. The minimum Gasteiger partial charge on any atom is -0.459 e. The fraction of sp³-hybridized carbons (Fsp3) is 0.500. The quantitative estimate of drug-likeness (QED) is 0.663. The second-order valence-corrected chi connectivity index (χ2v) is 5.73. The second kappa shape index (κ2) is 5.40. The summed E-state index contributed by atoms with van der Waals surface area (Å²) < 4.78 is 5.21. The Kier molecular flexibility index (Phi) is 4.40. The number of nitrogen functional groups attached to an aromatic ring is 1. The summed E-state index contributed by atoms with van der Waals surface area (Å²) in [7, 11) is 0. The number of nitrogens with zero attached hydrogens (tertiary/aromatic N) is 1. The lowest BCUT2D eigenvalue weighted by molar-refractivity contribution is -0.151. The highest BCUT2D eigenvalue weighted by atomic mass is 32.2. The SMILES string of the molecule is Cc1cc(N)cnc1SCC(=O)OC(C)(C)C. The third-order valence-electron chi connectivity index (χ3n) is 1.80. The van der Waals surface area contributed by atoms with Crippen molar-refractivity contribution < 1.29 is 9.53 Å². The zero-order chi connectivity index (χ0) is 13.1. The number of pyridine rings is 1. The summed E-state index contributed by atoms with van der Waals surface area (Å²) >= 11 is 1.36. The van der Waals surface area contributed by atoms with E-state index in [4.69, 9.17) is 10.5 Å². The van der Waals surface area contributed by atoms with E-state index in [2.05, 4.69) is 4.98 Å². The van der Waals surface area contributed by atoms with Gasteiger partial charge in [0.25, 0.3) is 0 Å². The topological polar surface area (TPSA) is 65.2 Å². The van der Waals surface area contributed by atoms with Crippen molar-refractivity contribution in [2.75, 3.05) is 11.5 Å². The molecular weight excluding hydrogens is 236 g/mol. The largest absolute Gasteiger partial charge is 0.459 e. The molecule has 0 radical (unpaired) electrons. The predicted octanol–water partition coefficient (Wildman–Crippen LogP) is 2.41. The Balaban J connectivity index is 2.53. The van der Waals surface area contributed by atoms with Crippen LogP contribution in [-0.2, 0) is 9.53 Å². The maximum atomic E-state index is 11.5. The van der Waals surface area contributed by atoms with E-state index in [1.54, 1.807) is 6.20 Å². The normalized spacial score (nSPS) is 11.3. The number of aromatic nitrogens is 1. The molecule has 17 heavy (non-hydrogen) atoms. The number of aryl methyl sites for hydroxylation is 1. The molecule has 1 rings (SSSR count). The van der Waals surface area contributed by atoms with Gasteiger partial charge in [0.05, 0.1) is 22.7 Å². The van der Waals surface area contributed by atoms with Crippen molar-refractivity contribution in [3.8, 4) is 0 Å². The summed E-state index contributed by atoms with van der Waals surface area (Å²) in [6, 6.07) is 1.84. The molecule has 0 unspecified atom stereocenters. The van der Waals surface area contributed by atoms with Crippen molar-refractivity contribution in [3.63, 3.8) is 0 Å². The third kappa shape index (κ3) is 5.08. The summed E-state index contributed by atoms with van der Waals surface area (Å²) in [5.74, 6) is 0.0233. The van der Waals surface area contributed by atoms with Gasteiger partial charge in [0.15, 0.2) is 0 Å². The fourth-order valence-corrected chi connectivity index (χ4v) is 1.96. The molecule has 0 saturated carbocycles. The van der Waals surface area contributed by atoms with E-state index in [1.807, 2.05) is 33.8 Å². The first kappa shape index (κ1) is 13.8. The van der Waals surface area contributed by atoms with Crippen LogP contribution >= 0.6 is 11.8 Å². The van der Waals surface area contributed by atoms with E-state index in [-0.39, 0.29) is 11.7 Å². The van der Waals surface area contributed by atoms with Crippen LogP contribution in [0.1, 0.15) is 26.3 Å². The predicted molar refractivity (Wildman–Crippen MR) is 70.0 cm³/mol. The van der Waals surface area contributed by atoms with Crippen LogP contribution in [0.5, 0.6) is 0 Å². The molecule has 0 fully saturated rings. The smallest absolute Gasteiger partial charge is 0.316 e. The maximum absolute atomic E-state index is 11.5. The Morgan fingerprint density at radius 1 is 1.53 bits per heavy atom. The van der Waals surface area contributed by atoms with Gasteiger partial charge in [-0.05, 0) is 39.3 Å². The van der Waals surface area contributed by atoms with Crippen molar-refractivity contribution in [3.05, 3.63) is 17.8 Å². The minimum atomic E-state index is -0.443. The molecule has 0 atom stereocenters. The van der Waals surface area contributed by atoms with Gasteiger partial charge in [-0.3, -0.25) is 4.79 Å². The highest BCUT2D eigenvalue weighted by molar-refractivity contribution is 7.99. The van der Waals surface area contributed by atoms with E-state index >= 15 is 0 Å². The maximum Gasteiger partial charge on any atom is 0.316 e. The van der Waals surface area contributed by atoms with Crippen LogP contribution in [-0.4, -0.2) is 22.3 Å². The number of ether oxygens (including phenoxy) is 1. The summed E-state index contributed by atoms with van der Waals surface area (Å²) in [5, 5.41) is 0.810. The lowest BCUT2D eigenvalue weighted by atomic mass is 10.2. The Labute approximate surface area is 106 Å². The molecular formula is C12H18N2O2S. The van der Waals surface area contributed by atoms with E-state index in [1.165, 1.54) is 11.8 Å². The van der Waals surface area contributed by atoms with Crippen molar-refractivity contribution in [2.45, 2.75) is 38.3 Å². The molecule has 4 nitrogen and oxygen atoms in total. The fourth-order valence-electron chi connectivity index (χ4n) is 1.23. The van der Waals surface area contributed by atoms with Crippen molar-refractivity contribution in [1.29, 1.82) is 0 Å². The molecule has 0 bridgehead atoms. The second-order valence-electron chi connectivity index (χ2n) is 4.77. The number of esters is 1. The summed E-state index contributed by atoms with van der Waals surface area (Å²) in [5.41, 5.74) is 6.76. The molecule has 0 aromatic carbocycles. The average molecular weight is 254 g/mol. The van der Waals surface area contributed by atoms with E-state index in [0.29, 0.717) is 5.69 Å². The van der Waals surface area contributed by atoms with Crippen LogP contribution in [0, 0.1) is 6.92 Å². The van der Waals surface area contributed by atoms with Crippen LogP contribution in [0.4, 0.5) is 5.69 Å². The van der Waals surface area contributed by atoms with Crippen LogP contribution in [0.15, 0.2) is 17.3 Å². The van der Waals surface area contributed by atoms with E-state index in [9.17, 15) is 4.79 Å². The van der Waals surface area contributed by atoms with E-state index in [0.717, 1.165) is 10.6 Å². The minimum absolute atomic E-state index is 0.236. The molecule has 0 aliphatic heterocycles. The number of hydrogen-bond acceptors (Lipinski definition) is 5. The first-order chi connectivity index (χ1) is 7.78. The molecule has 5 heteroatoms. The Morgan fingerprint density at radius 3 is 2.71 bits per heavy atom. The Bertz CT molecular complexity index is 413. The third-order valence-corrected chi connectivity index (χ3v) is 2.88. The van der Waals surface area contributed by atoms with Gasteiger partial charge in [0.2, 0.25) is 0 Å². The first-order valence-electron chi connectivity index (χ1n) is 5.35. The molecule has 0 saturated heterocycles. The molecule has 94 valence electrons. The molecule has 1 heterocycles. The van der Waals surface area contributed by atoms with Gasteiger partial charge in [-0.15, -0.1) is 0 Å². The average Bonchev–Trinajstić information content (AvgIpc) is 2.13. The highest BCUT2D eigenvalue weighted by Gasteiger charge is 2.16. The molecule has 1 aromatic heterocycles. The summed E-state index contributed by atoms with van der Waals surface area (Å²) in [6.45, 7) is 7.47. The molecule has 1 aromatic rings. The van der Waals surface area contributed by atoms with Gasteiger partial charge < -0.3 is 10.5 Å². The number of hydrogen-bond donors (Lipinski definition) is 1. The lowest BCUT2D eigenvalue weighted by Crippen LogP contribution is -2.24. The highest BCUT2D eigenvalue weighted by Crippen LogP contribution is 2.21. The summed E-state index contributed by atoms with van der Waals surface area (Å²) in [6.07, 6.45) is 1.59.